The molecule has 0 saturated carbocycles. The van der Waals surface area contributed by atoms with Gasteiger partial charge in [0.05, 0.1) is 46.4 Å². The van der Waals surface area contributed by atoms with Gasteiger partial charge in [-0.2, -0.15) is 18.2 Å². The van der Waals surface area contributed by atoms with Gasteiger partial charge in [0.25, 0.3) is 15.6 Å². The Balaban J connectivity index is 1.83. The van der Waals surface area contributed by atoms with Gasteiger partial charge in [-0.15, -0.1) is 5.10 Å². The van der Waals surface area contributed by atoms with Crippen molar-refractivity contribution in [2.75, 3.05) is 17.8 Å². The molecule has 0 radical (unpaired) electrons. The maximum atomic E-state index is 14.2. The van der Waals surface area contributed by atoms with Gasteiger partial charge < -0.3 is 15.3 Å². The predicted molar refractivity (Wildman–Crippen MR) is 162 cm³/mol. The number of rotatable bonds is 8. The average molecular weight is 736 g/mol. The van der Waals surface area contributed by atoms with E-state index < -0.39 is 51.2 Å². The molecule has 21 heteroatoms. The lowest BCUT2D eigenvalue weighted by atomic mass is 10.0. The van der Waals surface area contributed by atoms with E-state index in [4.69, 9.17) is 33.7 Å². The third-order valence-corrected chi connectivity index (χ3v) is 8.16. The highest BCUT2D eigenvalue weighted by atomic mass is 35.5. The number of nitrogens with zero attached hydrogens (tertiary/aromatic N) is 6. The summed E-state index contributed by atoms with van der Waals surface area (Å²) in [5.74, 6) is -5.88. The van der Waals surface area contributed by atoms with E-state index in [-0.39, 0.29) is 65.8 Å². The second-order valence-corrected chi connectivity index (χ2v) is 12.8. The molecule has 254 valence electrons. The molecule has 5 aromatic rings. The molecule has 13 nitrogen and oxygen atoms in total. The van der Waals surface area contributed by atoms with Gasteiger partial charge >= 0.3 is 12.1 Å². The van der Waals surface area contributed by atoms with E-state index in [1.165, 1.54) is 26.3 Å². The van der Waals surface area contributed by atoms with Crippen molar-refractivity contribution in [2.45, 2.75) is 18.6 Å². The Labute approximate surface area is 276 Å². The molecule has 3 aromatic heterocycles. The molecule has 1 atom stereocenters. The molecule has 0 amide bonds. The van der Waals surface area contributed by atoms with Crippen LogP contribution in [0.2, 0.25) is 10.0 Å². The van der Waals surface area contributed by atoms with Crippen molar-refractivity contribution in [3.8, 4) is 11.6 Å². The summed E-state index contributed by atoms with van der Waals surface area (Å²) < 4.78 is 99.2. The normalized spacial score (nSPS) is 12.8. The topological polar surface area (TPSA) is 165 Å². The van der Waals surface area contributed by atoms with Crippen LogP contribution >= 0.6 is 23.2 Å². The fourth-order valence-electron chi connectivity index (χ4n) is 4.83. The first kappa shape index (κ1) is 34.7. The van der Waals surface area contributed by atoms with E-state index in [0.29, 0.717) is 12.3 Å². The molecule has 0 bridgehead atoms. The third kappa shape index (κ3) is 6.45. The summed E-state index contributed by atoms with van der Waals surface area (Å²) in [6, 6.07) is 5.03. The van der Waals surface area contributed by atoms with Gasteiger partial charge in [-0.25, -0.2) is 27.0 Å². The molecular formula is C27H20Cl2F5N7O6S. The van der Waals surface area contributed by atoms with E-state index >= 15 is 0 Å². The number of alkyl halides is 3. The number of benzene rings is 2. The fraction of sp³-hybridized carbons (Fsp3) is 0.222. The van der Waals surface area contributed by atoms with Crippen LogP contribution < -0.4 is 20.5 Å². The van der Waals surface area contributed by atoms with E-state index in [1.54, 1.807) is 0 Å². The first-order chi connectivity index (χ1) is 22.3. The van der Waals surface area contributed by atoms with Crippen molar-refractivity contribution in [1.29, 1.82) is 0 Å². The van der Waals surface area contributed by atoms with Crippen LogP contribution in [-0.4, -0.2) is 58.2 Å². The largest absolute Gasteiger partial charge is 0.493 e. The van der Waals surface area contributed by atoms with Gasteiger partial charge in [0.2, 0.25) is 11.7 Å². The first-order valence-electron chi connectivity index (χ1n) is 13.1. The molecule has 0 fully saturated rings. The van der Waals surface area contributed by atoms with Crippen molar-refractivity contribution >= 4 is 66.9 Å². The number of halogens is 7. The lowest BCUT2D eigenvalue weighted by molar-refractivity contribution is -0.199. The number of hydrogen-bond acceptors (Lipinski definition) is 10. The molecule has 3 heterocycles. The standard InChI is InChI=1S/C27H20Cl2F5N7O6S/c1-39-20-18(5-4-15(28)19(20)23(38-39)41(48(3,44)45)47-26(43)27(32,33)34)40-22(17(35)8-11-6-12(30)9-13(31)7-11)36-21-14(25(40)42)10-16(29)24(37-21)46-2/h4-7,9-10,17H,8,35H2,1-3H3/t17-/m0/s1. The molecule has 0 aliphatic rings. The van der Waals surface area contributed by atoms with Gasteiger partial charge in [0.15, 0.2) is 5.65 Å². The molecule has 0 unspecified atom stereocenters. The monoisotopic (exact) mass is 735 g/mol. The van der Waals surface area contributed by atoms with Crippen molar-refractivity contribution in [3.63, 3.8) is 0 Å². The minimum Gasteiger partial charge on any atom is -0.480 e. The number of methoxy groups -OCH3 is 1. The van der Waals surface area contributed by atoms with Crippen LogP contribution in [0.5, 0.6) is 5.88 Å². The van der Waals surface area contributed by atoms with Crippen LogP contribution in [0.25, 0.3) is 27.6 Å². The smallest absolute Gasteiger partial charge is 0.480 e. The molecule has 5 rings (SSSR count). The second-order valence-electron chi connectivity index (χ2n) is 10.2. The molecule has 0 saturated heterocycles. The zero-order chi connectivity index (χ0) is 35.5. The minimum atomic E-state index is -5.60. The zero-order valence-electron chi connectivity index (χ0n) is 24.5. The summed E-state index contributed by atoms with van der Waals surface area (Å²) in [5.41, 5.74) is 5.21. The van der Waals surface area contributed by atoms with Crippen molar-refractivity contribution in [1.82, 2.24) is 24.3 Å². The van der Waals surface area contributed by atoms with Crippen LogP contribution in [-0.2, 0) is 33.1 Å². The number of ether oxygens (including phenoxy) is 1. The molecule has 2 aromatic carbocycles. The Kier molecular flexibility index (Phi) is 9.01. The molecule has 0 aliphatic carbocycles. The van der Waals surface area contributed by atoms with Gasteiger partial charge in [-0.05, 0) is 42.3 Å². The van der Waals surface area contributed by atoms with E-state index in [9.17, 15) is 40.0 Å². The maximum Gasteiger partial charge on any atom is 0.493 e. The predicted octanol–water partition coefficient (Wildman–Crippen LogP) is 4.29. The lowest BCUT2D eigenvalue weighted by Crippen LogP contribution is -2.38. The summed E-state index contributed by atoms with van der Waals surface area (Å²) in [7, 11) is -2.30. The highest BCUT2D eigenvalue weighted by molar-refractivity contribution is 7.91. The van der Waals surface area contributed by atoms with E-state index in [2.05, 4.69) is 19.9 Å². The number of carbonyl (C=O) groups is 1. The average Bonchev–Trinajstić information content (AvgIpc) is 3.32. The van der Waals surface area contributed by atoms with Crippen LogP contribution in [0, 0.1) is 11.6 Å². The number of pyridine rings is 1. The van der Waals surface area contributed by atoms with Gasteiger partial charge in [-0.3, -0.25) is 14.0 Å². The Morgan fingerprint density at radius 1 is 1.08 bits per heavy atom. The molecular weight excluding hydrogens is 716 g/mol. The zero-order valence-corrected chi connectivity index (χ0v) is 26.8. The van der Waals surface area contributed by atoms with Crippen molar-refractivity contribution in [2.24, 2.45) is 12.8 Å². The molecule has 48 heavy (non-hydrogen) atoms. The number of fused-ring (bicyclic) bond motifs is 2. The van der Waals surface area contributed by atoms with E-state index in [0.717, 1.165) is 27.4 Å². The summed E-state index contributed by atoms with van der Waals surface area (Å²) >= 11 is 12.6. The number of hydrogen-bond donors (Lipinski definition) is 1. The number of carbonyl (C=O) groups excluding carboxylic acids is 1. The Hall–Kier alpha value is -4.59. The maximum absolute atomic E-state index is 14.2. The SMILES string of the molecule is COc1nc2nc([C@@H](N)Cc3cc(F)cc(F)c3)n(-c3ccc(Cl)c4c(N(OC(=O)C(F)(F)F)S(C)(=O)=O)nn(C)c34)c(=O)c2cc1Cl. The van der Waals surface area contributed by atoms with Crippen molar-refractivity contribution < 1.29 is 44.7 Å². The lowest BCUT2D eigenvalue weighted by Gasteiger charge is -2.20. The Morgan fingerprint density at radius 2 is 1.73 bits per heavy atom. The molecule has 0 spiro atoms. The third-order valence-electron chi connectivity index (χ3n) is 6.72. The van der Waals surface area contributed by atoms with Crippen LogP contribution in [0.3, 0.4) is 0 Å². The van der Waals surface area contributed by atoms with Crippen LogP contribution in [0.1, 0.15) is 17.4 Å². The summed E-state index contributed by atoms with van der Waals surface area (Å²) in [6.07, 6.45) is -5.43. The molecule has 2 N–H and O–H groups in total. The Bertz CT molecular complexity index is 2280. The van der Waals surface area contributed by atoms with Gasteiger partial charge in [-0.1, -0.05) is 27.7 Å². The van der Waals surface area contributed by atoms with Gasteiger partial charge in [0, 0.05) is 13.1 Å². The number of aryl methyl sites for hydroxylation is 1. The number of anilines is 1. The molecule has 0 aliphatic heterocycles. The number of sulfonamides is 1. The number of nitrogens with two attached hydrogens (primary N) is 1. The highest BCUT2D eigenvalue weighted by Crippen LogP contribution is 2.38. The quantitative estimate of drug-likeness (QED) is 0.180. The minimum absolute atomic E-state index is 0.0814. The summed E-state index contributed by atoms with van der Waals surface area (Å²) in [4.78, 5) is 38.7. The summed E-state index contributed by atoms with van der Waals surface area (Å²) in [6.45, 7) is 0. The summed E-state index contributed by atoms with van der Waals surface area (Å²) in [5, 5.41) is 3.05. The second kappa shape index (κ2) is 12.5. The van der Waals surface area contributed by atoms with Crippen LogP contribution in [0.4, 0.5) is 27.8 Å². The fourth-order valence-corrected chi connectivity index (χ4v) is 5.94. The van der Waals surface area contributed by atoms with Crippen molar-refractivity contribution in [3.05, 3.63) is 79.8 Å². The van der Waals surface area contributed by atoms with Crippen LogP contribution in [0.15, 0.2) is 41.2 Å². The van der Waals surface area contributed by atoms with Gasteiger partial charge in [0.1, 0.15) is 22.5 Å². The first-order valence-corrected chi connectivity index (χ1v) is 15.7. The highest BCUT2D eigenvalue weighted by Gasteiger charge is 2.45. The number of aromatic nitrogens is 5. The Morgan fingerprint density at radius 3 is 2.31 bits per heavy atom. The van der Waals surface area contributed by atoms with E-state index in [1.807, 2.05) is 0 Å².